The molecule has 0 aliphatic heterocycles. The molecule has 5 nitrogen and oxygen atoms in total. The number of rotatable bonds is 7. The Morgan fingerprint density at radius 2 is 2.15 bits per heavy atom. The van der Waals surface area contributed by atoms with Crippen molar-refractivity contribution in [2.75, 3.05) is 13.1 Å². The number of nitrogens with one attached hydrogen (secondary N) is 2. The lowest BCUT2D eigenvalue weighted by molar-refractivity contribution is 0.0677. The lowest BCUT2D eigenvalue weighted by atomic mass is 9.96. The van der Waals surface area contributed by atoms with Gasteiger partial charge < -0.3 is 20.2 Å². The highest BCUT2D eigenvalue weighted by atomic mass is 127. The van der Waals surface area contributed by atoms with Gasteiger partial charge in [0.2, 0.25) is 0 Å². The van der Waals surface area contributed by atoms with Crippen LogP contribution in [-0.4, -0.2) is 30.2 Å². The molecule has 3 N–H and O–H groups in total. The number of furan rings is 1. The second kappa shape index (κ2) is 11.1. The van der Waals surface area contributed by atoms with Crippen molar-refractivity contribution in [2.24, 2.45) is 4.99 Å². The van der Waals surface area contributed by atoms with Crippen LogP contribution in [0.3, 0.4) is 0 Å². The van der Waals surface area contributed by atoms with Gasteiger partial charge in [0.25, 0.3) is 0 Å². The van der Waals surface area contributed by atoms with Crippen LogP contribution in [0.5, 0.6) is 0 Å². The van der Waals surface area contributed by atoms with Crippen LogP contribution >= 0.6 is 35.3 Å². The second-order valence-corrected chi connectivity index (χ2v) is 7.97. The quantitative estimate of drug-likeness (QED) is 0.300. The maximum Gasteiger partial charge on any atom is 0.191 e. The highest BCUT2D eigenvalue weighted by Gasteiger charge is 2.24. The van der Waals surface area contributed by atoms with E-state index >= 15 is 0 Å². The zero-order valence-electron chi connectivity index (χ0n) is 15.8. The fourth-order valence-corrected chi connectivity index (χ4v) is 4.03. The number of hydrogen-bond acceptors (Lipinski definition) is 4. The second-order valence-electron chi connectivity index (χ2n) is 7.19. The molecule has 0 radical (unpaired) electrons. The molecule has 0 spiro atoms. The van der Waals surface area contributed by atoms with Crippen molar-refractivity contribution >= 4 is 41.3 Å². The van der Waals surface area contributed by atoms with Crippen molar-refractivity contribution in [3.63, 3.8) is 0 Å². The minimum atomic E-state index is -0.956. The molecule has 0 saturated heterocycles. The molecule has 1 saturated carbocycles. The van der Waals surface area contributed by atoms with Gasteiger partial charge in [0.15, 0.2) is 5.96 Å². The standard InChI is InChI=1S/C20H29N3O2S.HI/c1-20(24,16-10-13-26-14-16)15-22-19(23-17-6-3-2-4-7-17)21-11-9-18-8-5-12-25-18;/h5,8,10,12-14,17,24H,2-4,6-7,9,11,15H2,1H3,(H2,21,22,23);1H. The summed E-state index contributed by atoms with van der Waals surface area (Å²) >= 11 is 1.59. The molecule has 0 bridgehead atoms. The number of halogens is 1. The molecule has 0 aromatic carbocycles. The van der Waals surface area contributed by atoms with Gasteiger partial charge in [-0.1, -0.05) is 19.3 Å². The monoisotopic (exact) mass is 503 g/mol. The highest BCUT2D eigenvalue weighted by Crippen LogP contribution is 2.23. The first-order valence-electron chi connectivity index (χ1n) is 9.46. The summed E-state index contributed by atoms with van der Waals surface area (Å²) in [6, 6.07) is 6.31. The summed E-state index contributed by atoms with van der Waals surface area (Å²) in [5.41, 5.74) is -0.0406. The normalized spacial score (nSPS) is 17.8. The van der Waals surface area contributed by atoms with Crippen molar-refractivity contribution in [1.29, 1.82) is 0 Å². The molecule has 2 aromatic rings. The Balaban J connectivity index is 0.00000261. The van der Waals surface area contributed by atoms with E-state index in [1.807, 2.05) is 35.9 Å². The van der Waals surface area contributed by atoms with Gasteiger partial charge >= 0.3 is 0 Å². The molecule has 1 aliphatic rings. The minimum Gasteiger partial charge on any atom is -0.469 e. The van der Waals surface area contributed by atoms with Crippen molar-refractivity contribution in [1.82, 2.24) is 10.6 Å². The Kier molecular flexibility index (Phi) is 9.11. The van der Waals surface area contributed by atoms with Crippen LogP contribution in [0.25, 0.3) is 0 Å². The van der Waals surface area contributed by atoms with E-state index in [-0.39, 0.29) is 24.0 Å². The van der Waals surface area contributed by atoms with Crippen molar-refractivity contribution < 1.29 is 9.52 Å². The lowest BCUT2D eigenvalue weighted by Gasteiger charge is -2.26. The summed E-state index contributed by atoms with van der Waals surface area (Å²) in [6.45, 7) is 2.89. The average Bonchev–Trinajstić information content (AvgIpc) is 3.34. The zero-order valence-corrected chi connectivity index (χ0v) is 19.0. The Morgan fingerprint density at radius 3 is 2.81 bits per heavy atom. The van der Waals surface area contributed by atoms with Gasteiger partial charge in [0.1, 0.15) is 11.4 Å². The number of guanidine groups is 1. The third-order valence-electron chi connectivity index (χ3n) is 4.88. The Morgan fingerprint density at radius 1 is 1.33 bits per heavy atom. The first kappa shape index (κ1) is 22.2. The van der Waals surface area contributed by atoms with Crippen LogP contribution in [0.1, 0.15) is 50.4 Å². The number of thiophene rings is 1. The van der Waals surface area contributed by atoms with Gasteiger partial charge in [-0.3, -0.25) is 0 Å². The third-order valence-corrected chi connectivity index (χ3v) is 5.56. The first-order valence-corrected chi connectivity index (χ1v) is 10.4. The van der Waals surface area contributed by atoms with Crippen molar-refractivity contribution in [2.45, 2.75) is 57.1 Å². The van der Waals surface area contributed by atoms with Crippen molar-refractivity contribution in [3.8, 4) is 0 Å². The summed E-state index contributed by atoms with van der Waals surface area (Å²) in [7, 11) is 0. The molecule has 1 unspecified atom stereocenters. The first-order chi connectivity index (χ1) is 12.6. The fourth-order valence-electron chi connectivity index (χ4n) is 3.25. The number of nitrogens with zero attached hydrogens (tertiary/aromatic N) is 1. The van der Waals surface area contributed by atoms with Gasteiger partial charge in [-0.25, -0.2) is 4.99 Å². The van der Waals surface area contributed by atoms with Crippen LogP contribution in [0.15, 0.2) is 44.6 Å². The van der Waals surface area contributed by atoms with E-state index in [1.165, 1.54) is 32.1 Å². The summed E-state index contributed by atoms with van der Waals surface area (Å²) < 4.78 is 5.39. The third kappa shape index (κ3) is 7.12. The van der Waals surface area contributed by atoms with E-state index in [0.717, 1.165) is 30.2 Å². The van der Waals surface area contributed by atoms with Crippen LogP contribution in [0.2, 0.25) is 0 Å². The van der Waals surface area contributed by atoms with E-state index < -0.39 is 5.60 Å². The maximum atomic E-state index is 10.7. The SMILES string of the molecule is CC(O)(CN=C(NCCc1ccco1)NC1CCCCC1)c1ccsc1.I. The smallest absolute Gasteiger partial charge is 0.191 e. The van der Waals surface area contributed by atoms with Gasteiger partial charge in [-0.15, -0.1) is 24.0 Å². The Labute approximate surface area is 182 Å². The molecule has 150 valence electrons. The van der Waals surface area contributed by atoms with Crippen LogP contribution in [0, 0.1) is 0 Å². The van der Waals surface area contributed by atoms with Gasteiger partial charge in [-0.2, -0.15) is 11.3 Å². The summed E-state index contributed by atoms with van der Waals surface area (Å²) in [5, 5.41) is 21.6. The molecule has 1 atom stereocenters. The predicted octanol–water partition coefficient (Wildman–Crippen LogP) is 4.28. The average molecular weight is 503 g/mol. The molecule has 1 aliphatic carbocycles. The molecule has 2 heterocycles. The number of aliphatic hydroxyl groups is 1. The highest BCUT2D eigenvalue weighted by molar-refractivity contribution is 14.0. The molecule has 2 aromatic heterocycles. The maximum absolute atomic E-state index is 10.7. The minimum absolute atomic E-state index is 0. The largest absolute Gasteiger partial charge is 0.469 e. The van der Waals surface area contributed by atoms with Crippen molar-refractivity contribution in [3.05, 3.63) is 46.5 Å². The van der Waals surface area contributed by atoms with E-state index in [4.69, 9.17) is 4.42 Å². The van der Waals surface area contributed by atoms with E-state index in [2.05, 4.69) is 15.6 Å². The molecule has 1 fully saturated rings. The van der Waals surface area contributed by atoms with E-state index in [1.54, 1.807) is 17.6 Å². The summed E-state index contributed by atoms with van der Waals surface area (Å²) in [4.78, 5) is 4.68. The van der Waals surface area contributed by atoms with Gasteiger partial charge in [0, 0.05) is 19.0 Å². The Bertz CT molecular complexity index is 665. The fraction of sp³-hybridized carbons (Fsp3) is 0.550. The lowest BCUT2D eigenvalue weighted by Crippen LogP contribution is -2.45. The van der Waals surface area contributed by atoms with Crippen LogP contribution in [0.4, 0.5) is 0 Å². The predicted molar refractivity (Wildman–Crippen MR) is 122 cm³/mol. The molecule has 3 rings (SSSR count). The van der Waals surface area contributed by atoms with Gasteiger partial charge in [-0.05, 0) is 54.3 Å². The molecular weight excluding hydrogens is 473 g/mol. The molecule has 0 amide bonds. The topological polar surface area (TPSA) is 69.8 Å². The molecule has 27 heavy (non-hydrogen) atoms. The number of hydrogen-bond donors (Lipinski definition) is 3. The summed E-state index contributed by atoms with van der Waals surface area (Å²) in [6.07, 6.45) is 8.72. The molecular formula is C20H30IN3O2S. The molecule has 7 heteroatoms. The zero-order chi connectivity index (χ0) is 18.2. The van der Waals surface area contributed by atoms with Gasteiger partial charge in [0.05, 0.1) is 12.8 Å². The number of aliphatic imine (C=N–C) groups is 1. The Hall–Kier alpha value is -1.06. The van der Waals surface area contributed by atoms with Crippen LogP contribution < -0.4 is 10.6 Å². The van der Waals surface area contributed by atoms with E-state index in [9.17, 15) is 5.11 Å². The summed E-state index contributed by atoms with van der Waals surface area (Å²) in [5.74, 6) is 1.73. The van der Waals surface area contributed by atoms with E-state index in [0.29, 0.717) is 12.6 Å². The van der Waals surface area contributed by atoms with Crippen LogP contribution in [-0.2, 0) is 12.0 Å².